The van der Waals surface area contributed by atoms with Gasteiger partial charge in [-0.15, -0.1) is 0 Å². The highest BCUT2D eigenvalue weighted by molar-refractivity contribution is 5.97. The lowest BCUT2D eigenvalue weighted by Gasteiger charge is -2.23. The van der Waals surface area contributed by atoms with E-state index in [-0.39, 0.29) is 24.0 Å². The van der Waals surface area contributed by atoms with Gasteiger partial charge in [0, 0.05) is 29.6 Å². The van der Waals surface area contributed by atoms with E-state index in [0.29, 0.717) is 40.0 Å². The molecule has 0 spiro atoms. The molecule has 0 fully saturated rings. The number of fused-ring (bicyclic) bond motifs is 2. The average molecular weight is 520 g/mol. The molecule has 0 radical (unpaired) electrons. The van der Waals surface area contributed by atoms with Gasteiger partial charge < -0.3 is 14.1 Å². The molecule has 6 rings (SSSR count). The molecule has 0 N–H and O–H groups in total. The Kier molecular flexibility index (Phi) is 6.27. The zero-order chi connectivity index (χ0) is 27.1. The van der Waals surface area contributed by atoms with Gasteiger partial charge in [-0.1, -0.05) is 43.3 Å². The van der Waals surface area contributed by atoms with Crippen molar-refractivity contribution in [1.29, 1.82) is 0 Å². The van der Waals surface area contributed by atoms with E-state index in [4.69, 9.17) is 9.15 Å². The first-order valence-corrected chi connectivity index (χ1v) is 13.2. The largest absolute Gasteiger partial charge is 0.483 e. The van der Waals surface area contributed by atoms with E-state index >= 15 is 0 Å². The minimum atomic E-state index is -0.124. The standard InChI is InChI=1S/C32H29N3O4/c1-4-22-15-26-29(16-28(22)38-19-30(36)35-20(2)14-23-10-8-9-13-27(23)35)39-21(3)31(32(26)37)24-17-33-34(18-24)25-11-6-5-7-12-25/h5-13,15-18,20H,4,14,19H2,1-3H3. The van der Waals surface area contributed by atoms with Crippen LogP contribution < -0.4 is 15.1 Å². The van der Waals surface area contributed by atoms with Gasteiger partial charge in [-0.3, -0.25) is 9.59 Å². The molecular weight excluding hydrogens is 490 g/mol. The van der Waals surface area contributed by atoms with E-state index in [9.17, 15) is 9.59 Å². The number of rotatable bonds is 6. The third kappa shape index (κ3) is 4.40. The normalized spacial score (nSPS) is 14.5. The summed E-state index contributed by atoms with van der Waals surface area (Å²) in [6.07, 6.45) is 4.98. The van der Waals surface area contributed by atoms with Gasteiger partial charge in [0.25, 0.3) is 5.91 Å². The van der Waals surface area contributed by atoms with Crippen LogP contribution in [0.2, 0.25) is 0 Å². The lowest BCUT2D eigenvalue weighted by molar-refractivity contribution is -0.120. The quantitative estimate of drug-likeness (QED) is 0.280. The summed E-state index contributed by atoms with van der Waals surface area (Å²) in [7, 11) is 0. The predicted octanol–water partition coefficient (Wildman–Crippen LogP) is 5.87. The maximum Gasteiger partial charge on any atom is 0.265 e. The van der Waals surface area contributed by atoms with Crippen LogP contribution in [-0.4, -0.2) is 28.3 Å². The van der Waals surface area contributed by atoms with Crippen molar-refractivity contribution in [3.8, 4) is 22.6 Å². The van der Waals surface area contributed by atoms with Crippen LogP contribution in [-0.2, 0) is 17.6 Å². The molecule has 7 heteroatoms. The Bertz CT molecular complexity index is 1750. The maximum atomic E-state index is 13.7. The van der Waals surface area contributed by atoms with Crippen LogP contribution >= 0.6 is 0 Å². The number of carbonyl (C=O) groups excluding carboxylic acids is 1. The number of hydrogen-bond donors (Lipinski definition) is 0. The lowest BCUT2D eigenvalue weighted by Crippen LogP contribution is -2.39. The molecule has 1 amide bonds. The summed E-state index contributed by atoms with van der Waals surface area (Å²) in [5, 5.41) is 4.92. The van der Waals surface area contributed by atoms with Crippen molar-refractivity contribution in [2.24, 2.45) is 0 Å². The fourth-order valence-corrected chi connectivity index (χ4v) is 5.45. The van der Waals surface area contributed by atoms with Crippen molar-refractivity contribution >= 4 is 22.6 Å². The number of benzene rings is 3. The highest BCUT2D eigenvalue weighted by Crippen LogP contribution is 2.33. The number of para-hydroxylation sites is 2. The van der Waals surface area contributed by atoms with Gasteiger partial charge >= 0.3 is 0 Å². The first kappa shape index (κ1) is 24.7. The Morgan fingerprint density at radius 2 is 1.87 bits per heavy atom. The summed E-state index contributed by atoms with van der Waals surface area (Å²) >= 11 is 0. The number of amides is 1. The number of nitrogens with zero attached hydrogens (tertiary/aromatic N) is 3. The molecule has 3 heterocycles. The topological polar surface area (TPSA) is 77.6 Å². The summed E-state index contributed by atoms with van der Waals surface area (Å²) in [4.78, 5) is 28.7. The molecule has 0 saturated carbocycles. The second-order valence-corrected chi connectivity index (χ2v) is 9.92. The number of ether oxygens (including phenoxy) is 1. The second kappa shape index (κ2) is 9.91. The molecule has 1 unspecified atom stereocenters. The number of hydrogen-bond acceptors (Lipinski definition) is 5. The number of carbonyl (C=O) groups is 1. The van der Waals surface area contributed by atoms with Crippen LogP contribution in [0, 0.1) is 6.92 Å². The van der Waals surface area contributed by atoms with E-state index in [1.54, 1.807) is 23.9 Å². The summed E-state index contributed by atoms with van der Waals surface area (Å²) < 4.78 is 13.9. The first-order valence-electron chi connectivity index (χ1n) is 13.2. The fourth-order valence-electron chi connectivity index (χ4n) is 5.45. The van der Waals surface area contributed by atoms with E-state index in [0.717, 1.165) is 23.4 Å². The first-order chi connectivity index (χ1) is 18.9. The van der Waals surface area contributed by atoms with Gasteiger partial charge in [-0.25, -0.2) is 4.68 Å². The molecule has 3 aromatic carbocycles. The van der Waals surface area contributed by atoms with Crippen molar-refractivity contribution in [3.05, 3.63) is 106 Å². The van der Waals surface area contributed by atoms with Crippen molar-refractivity contribution in [2.75, 3.05) is 11.5 Å². The fraction of sp³-hybridized carbons (Fsp3) is 0.219. The molecule has 1 aliphatic rings. The lowest BCUT2D eigenvalue weighted by atomic mass is 10.0. The Labute approximate surface area is 226 Å². The highest BCUT2D eigenvalue weighted by atomic mass is 16.5. The SMILES string of the molecule is CCc1cc2c(=O)c(-c3cnn(-c4ccccc4)c3)c(C)oc2cc1OCC(=O)N1c2ccccc2CC1C. The molecule has 0 aliphatic carbocycles. The Morgan fingerprint density at radius 1 is 1.10 bits per heavy atom. The summed E-state index contributed by atoms with van der Waals surface area (Å²) in [5.41, 5.74) is 5.33. The summed E-state index contributed by atoms with van der Waals surface area (Å²) in [5.74, 6) is 0.942. The van der Waals surface area contributed by atoms with Crippen molar-refractivity contribution < 1.29 is 13.9 Å². The van der Waals surface area contributed by atoms with Crippen molar-refractivity contribution in [2.45, 2.75) is 39.7 Å². The monoisotopic (exact) mass is 519 g/mol. The zero-order valence-electron chi connectivity index (χ0n) is 22.2. The zero-order valence-corrected chi connectivity index (χ0v) is 22.2. The molecule has 1 aliphatic heterocycles. The average Bonchev–Trinajstić information content (AvgIpc) is 3.56. The van der Waals surface area contributed by atoms with Gasteiger partial charge in [0.2, 0.25) is 5.43 Å². The Balaban J connectivity index is 1.30. The van der Waals surface area contributed by atoms with E-state index in [2.05, 4.69) is 11.2 Å². The molecule has 0 saturated heterocycles. The minimum absolute atomic E-state index is 0.0751. The molecule has 5 aromatic rings. The molecular formula is C32H29N3O4. The smallest absolute Gasteiger partial charge is 0.265 e. The Morgan fingerprint density at radius 3 is 2.67 bits per heavy atom. The molecule has 2 aromatic heterocycles. The number of aromatic nitrogens is 2. The third-order valence-electron chi connectivity index (χ3n) is 7.35. The van der Waals surface area contributed by atoms with Crippen LogP contribution in [0.15, 0.2) is 88.3 Å². The van der Waals surface area contributed by atoms with Gasteiger partial charge in [0.05, 0.1) is 22.8 Å². The van der Waals surface area contributed by atoms with E-state index < -0.39 is 0 Å². The van der Waals surface area contributed by atoms with Gasteiger partial charge in [-0.05, 0) is 62.1 Å². The summed E-state index contributed by atoms with van der Waals surface area (Å²) in [6, 6.07) is 21.3. The van der Waals surface area contributed by atoms with Gasteiger partial charge in [0.15, 0.2) is 6.61 Å². The molecule has 196 valence electrons. The van der Waals surface area contributed by atoms with Crippen molar-refractivity contribution in [3.63, 3.8) is 0 Å². The molecule has 39 heavy (non-hydrogen) atoms. The number of aryl methyl sites for hydroxylation is 2. The van der Waals surface area contributed by atoms with Crippen LogP contribution in [0.25, 0.3) is 27.8 Å². The maximum absolute atomic E-state index is 13.7. The van der Waals surface area contributed by atoms with Crippen LogP contribution in [0.1, 0.15) is 30.7 Å². The summed E-state index contributed by atoms with van der Waals surface area (Å²) in [6.45, 7) is 5.72. The minimum Gasteiger partial charge on any atom is -0.483 e. The highest BCUT2D eigenvalue weighted by Gasteiger charge is 2.31. The second-order valence-electron chi connectivity index (χ2n) is 9.92. The third-order valence-corrected chi connectivity index (χ3v) is 7.35. The van der Waals surface area contributed by atoms with E-state index in [1.165, 1.54) is 5.56 Å². The molecule has 1 atom stereocenters. The van der Waals surface area contributed by atoms with Crippen LogP contribution in [0.3, 0.4) is 0 Å². The molecule has 7 nitrogen and oxygen atoms in total. The van der Waals surface area contributed by atoms with Crippen molar-refractivity contribution in [1.82, 2.24) is 9.78 Å². The van der Waals surface area contributed by atoms with E-state index in [1.807, 2.05) is 79.5 Å². The Hall–Kier alpha value is -4.65. The van der Waals surface area contributed by atoms with Crippen LogP contribution in [0.4, 0.5) is 5.69 Å². The van der Waals surface area contributed by atoms with Gasteiger partial charge in [-0.2, -0.15) is 5.10 Å². The molecule has 0 bridgehead atoms. The van der Waals surface area contributed by atoms with Crippen LogP contribution in [0.5, 0.6) is 5.75 Å². The number of anilines is 1. The van der Waals surface area contributed by atoms with Gasteiger partial charge in [0.1, 0.15) is 17.1 Å². The predicted molar refractivity (Wildman–Crippen MR) is 152 cm³/mol.